The number of rotatable bonds is 1. The third kappa shape index (κ3) is 2.40. The lowest BCUT2D eigenvalue weighted by molar-refractivity contribution is 0.226. The smallest absolute Gasteiger partial charge is 0.0285 e. The predicted octanol–water partition coefficient (Wildman–Crippen LogP) is 5.19. The zero-order valence-corrected chi connectivity index (χ0v) is 11.2. The van der Waals surface area contributed by atoms with Crippen molar-refractivity contribution in [3.63, 3.8) is 0 Å². The first kappa shape index (κ1) is 10.7. The Balaban J connectivity index is 2.02. The van der Waals surface area contributed by atoms with Crippen LogP contribution in [0, 0.1) is 5.41 Å². The normalized spacial score (nSPS) is 22.5. The molecule has 0 aromatic carbocycles. The van der Waals surface area contributed by atoms with Crippen molar-refractivity contribution >= 4 is 27.3 Å². The lowest BCUT2D eigenvalue weighted by Gasteiger charge is -2.33. The zero-order chi connectivity index (χ0) is 10.2. The van der Waals surface area contributed by atoms with Crippen LogP contribution >= 0.6 is 27.3 Å². The van der Waals surface area contributed by atoms with Crippen LogP contribution < -0.4 is 0 Å². The fourth-order valence-electron chi connectivity index (χ4n) is 2.23. The average molecular weight is 273 g/mol. The van der Waals surface area contributed by atoms with Crippen LogP contribution in [0.3, 0.4) is 0 Å². The average Bonchev–Trinajstić information content (AvgIpc) is 2.52. The van der Waals surface area contributed by atoms with E-state index in [4.69, 9.17) is 0 Å². The van der Waals surface area contributed by atoms with E-state index in [1.165, 1.54) is 30.2 Å². The molecule has 0 saturated heterocycles. The van der Waals surface area contributed by atoms with Crippen molar-refractivity contribution in [1.29, 1.82) is 0 Å². The minimum Gasteiger partial charge on any atom is -0.147 e. The molecule has 1 saturated carbocycles. The molecule has 0 N–H and O–H groups in total. The highest BCUT2D eigenvalue weighted by Gasteiger charge is 2.28. The van der Waals surface area contributed by atoms with Gasteiger partial charge in [-0.25, -0.2) is 0 Å². The van der Waals surface area contributed by atoms with Gasteiger partial charge in [0.15, 0.2) is 0 Å². The van der Waals surface area contributed by atoms with Crippen LogP contribution in [0.1, 0.15) is 50.3 Å². The van der Waals surface area contributed by atoms with Crippen LogP contribution in [0.25, 0.3) is 0 Å². The van der Waals surface area contributed by atoms with Crippen molar-refractivity contribution in [2.75, 3.05) is 0 Å². The Labute approximate surface area is 98.9 Å². The molecule has 2 heteroatoms. The van der Waals surface area contributed by atoms with Crippen molar-refractivity contribution in [2.24, 2.45) is 5.41 Å². The van der Waals surface area contributed by atoms with Gasteiger partial charge >= 0.3 is 0 Å². The van der Waals surface area contributed by atoms with Crippen molar-refractivity contribution in [3.05, 3.63) is 20.8 Å². The van der Waals surface area contributed by atoms with E-state index in [9.17, 15) is 0 Å². The maximum Gasteiger partial charge on any atom is 0.0285 e. The summed E-state index contributed by atoms with van der Waals surface area (Å²) in [5.41, 5.74) is 0.588. The molecule has 0 nitrogen and oxygen atoms in total. The Morgan fingerprint density at radius 2 is 2.00 bits per heavy atom. The lowest BCUT2D eigenvalue weighted by Crippen LogP contribution is -2.19. The molecule has 2 rings (SSSR count). The highest BCUT2D eigenvalue weighted by Crippen LogP contribution is 2.44. The van der Waals surface area contributed by atoms with Gasteiger partial charge in [-0.1, -0.05) is 13.8 Å². The Bertz CT molecular complexity index is 304. The summed E-state index contributed by atoms with van der Waals surface area (Å²) >= 11 is 5.44. The molecule has 1 aromatic heterocycles. The van der Waals surface area contributed by atoms with Crippen LogP contribution in [0.15, 0.2) is 15.9 Å². The van der Waals surface area contributed by atoms with Gasteiger partial charge in [-0.2, -0.15) is 0 Å². The van der Waals surface area contributed by atoms with Crippen LogP contribution in [0.2, 0.25) is 0 Å². The zero-order valence-electron chi connectivity index (χ0n) is 8.85. The fraction of sp³-hybridized carbons (Fsp3) is 0.667. The minimum atomic E-state index is 0.588. The summed E-state index contributed by atoms with van der Waals surface area (Å²) in [5, 5.41) is 2.20. The molecule has 0 unspecified atom stereocenters. The largest absolute Gasteiger partial charge is 0.147 e. The van der Waals surface area contributed by atoms with E-state index in [0.717, 1.165) is 5.92 Å². The van der Waals surface area contributed by atoms with E-state index in [1.54, 1.807) is 4.88 Å². The molecule has 0 spiro atoms. The number of thiophene rings is 1. The molecular formula is C12H17BrS. The van der Waals surface area contributed by atoms with E-state index in [-0.39, 0.29) is 0 Å². The summed E-state index contributed by atoms with van der Waals surface area (Å²) in [6.45, 7) is 4.79. The topological polar surface area (TPSA) is 0 Å². The molecule has 78 valence electrons. The lowest BCUT2D eigenvalue weighted by atomic mass is 9.73. The molecular weight excluding hydrogens is 256 g/mol. The van der Waals surface area contributed by atoms with Crippen LogP contribution in [-0.4, -0.2) is 0 Å². The second kappa shape index (κ2) is 3.97. The van der Waals surface area contributed by atoms with Crippen LogP contribution in [-0.2, 0) is 0 Å². The van der Waals surface area contributed by atoms with Crippen molar-refractivity contribution in [1.82, 2.24) is 0 Å². The summed E-state index contributed by atoms with van der Waals surface area (Å²) in [4.78, 5) is 1.58. The Morgan fingerprint density at radius 1 is 1.36 bits per heavy atom. The molecule has 1 heterocycles. The molecule has 0 bridgehead atoms. The Kier molecular flexibility index (Phi) is 3.03. The van der Waals surface area contributed by atoms with Crippen molar-refractivity contribution in [2.45, 2.75) is 45.4 Å². The van der Waals surface area contributed by atoms with Crippen LogP contribution in [0.5, 0.6) is 0 Å². The molecule has 1 aromatic rings. The molecule has 0 atom stereocenters. The maximum absolute atomic E-state index is 3.53. The van der Waals surface area contributed by atoms with E-state index in [0.29, 0.717) is 5.41 Å². The molecule has 0 aliphatic heterocycles. The van der Waals surface area contributed by atoms with Gasteiger partial charge in [-0.05, 0) is 59.0 Å². The quantitative estimate of drug-likeness (QED) is 0.660. The molecule has 0 radical (unpaired) electrons. The molecule has 1 fully saturated rings. The SMILES string of the molecule is CC1(C)CCC(c2cc(Br)cs2)CC1. The highest BCUT2D eigenvalue weighted by molar-refractivity contribution is 9.10. The molecule has 1 aliphatic carbocycles. The van der Waals surface area contributed by atoms with E-state index in [2.05, 4.69) is 41.2 Å². The summed E-state index contributed by atoms with van der Waals surface area (Å²) in [5.74, 6) is 0.833. The second-order valence-corrected chi connectivity index (χ2v) is 6.96. The first-order valence-corrected chi connectivity index (χ1v) is 6.98. The van der Waals surface area contributed by atoms with E-state index < -0.39 is 0 Å². The van der Waals surface area contributed by atoms with Gasteiger partial charge in [-0.15, -0.1) is 11.3 Å². The van der Waals surface area contributed by atoms with E-state index in [1.807, 2.05) is 11.3 Å². The third-order valence-electron chi connectivity index (χ3n) is 3.33. The first-order valence-electron chi connectivity index (χ1n) is 5.31. The van der Waals surface area contributed by atoms with Gasteiger partial charge in [0.2, 0.25) is 0 Å². The second-order valence-electron chi connectivity index (χ2n) is 5.11. The molecule has 1 aliphatic rings. The van der Waals surface area contributed by atoms with Crippen LogP contribution in [0.4, 0.5) is 0 Å². The van der Waals surface area contributed by atoms with Gasteiger partial charge < -0.3 is 0 Å². The summed E-state index contributed by atoms with van der Waals surface area (Å²) in [7, 11) is 0. The molecule has 14 heavy (non-hydrogen) atoms. The summed E-state index contributed by atoms with van der Waals surface area (Å²) in [6.07, 6.45) is 5.51. The maximum atomic E-state index is 3.53. The van der Waals surface area contributed by atoms with Gasteiger partial charge in [0.1, 0.15) is 0 Å². The third-order valence-corrected chi connectivity index (χ3v) is 5.19. The minimum absolute atomic E-state index is 0.588. The van der Waals surface area contributed by atoms with Gasteiger partial charge in [-0.3, -0.25) is 0 Å². The van der Waals surface area contributed by atoms with Gasteiger partial charge in [0.05, 0.1) is 0 Å². The highest BCUT2D eigenvalue weighted by atomic mass is 79.9. The fourth-order valence-corrected chi connectivity index (χ4v) is 3.84. The summed E-state index contributed by atoms with van der Waals surface area (Å²) < 4.78 is 1.25. The predicted molar refractivity (Wildman–Crippen MR) is 67.0 cm³/mol. The number of halogens is 1. The van der Waals surface area contributed by atoms with Crippen molar-refractivity contribution in [3.8, 4) is 0 Å². The molecule has 0 amide bonds. The Hall–Kier alpha value is 0.180. The number of hydrogen-bond acceptors (Lipinski definition) is 1. The van der Waals surface area contributed by atoms with Gasteiger partial charge in [0.25, 0.3) is 0 Å². The van der Waals surface area contributed by atoms with Gasteiger partial charge in [0, 0.05) is 14.7 Å². The standard InChI is InChI=1S/C12H17BrS/c1-12(2)5-3-9(4-6-12)11-7-10(13)8-14-11/h7-9H,3-6H2,1-2H3. The summed E-state index contributed by atoms with van der Waals surface area (Å²) in [6, 6.07) is 2.30. The monoisotopic (exact) mass is 272 g/mol. The number of hydrogen-bond donors (Lipinski definition) is 0. The van der Waals surface area contributed by atoms with Crippen molar-refractivity contribution < 1.29 is 0 Å². The first-order chi connectivity index (χ1) is 6.57. The van der Waals surface area contributed by atoms with E-state index >= 15 is 0 Å². The Morgan fingerprint density at radius 3 is 2.50 bits per heavy atom.